The van der Waals surface area contributed by atoms with E-state index < -0.39 is 39.3 Å². The van der Waals surface area contributed by atoms with Crippen LogP contribution in [0.15, 0.2) is 27.7 Å². The number of amides is 3. The van der Waals surface area contributed by atoms with E-state index in [1.54, 1.807) is 6.92 Å². The van der Waals surface area contributed by atoms with Crippen molar-refractivity contribution in [2.24, 2.45) is 4.99 Å². The average Bonchev–Trinajstić information content (AvgIpc) is 3.14. The van der Waals surface area contributed by atoms with Gasteiger partial charge in [0, 0.05) is 43.8 Å². The topological polar surface area (TPSA) is 128 Å². The minimum atomic E-state index is -4.04. The van der Waals surface area contributed by atoms with Crippen LogP contribution in [-0.2, 0) is 35.4 Å². The summed E-state index contributed by atoms with van der Waals surface area (Å²) in [5.74, 6) is -3.11. The van der Waals surface area contributed by atoms with Gasteiger partial charge in [0.2, 0.25) is 5.91 Å². The van der Waals surface area contributed by atoms with E-state index in [0.29, 0.717) is 24.6 Å². The normalized spacial score (nSPS) is 14.9. The molecule has 2 heterocycles. The number of piperazine rings is 1. The summed E-state index contributed by atoms with van der Waals surface area (Å²) in [5, 5.41) is 0. The highest BCUT2D eigenvalue weighted by Gasteiger charge is 2.28. The summed E-state index contributed by atoms with van der Waals surface area (Å²) < 4.78 is 39.2. The first-order valence-corrected chi connectivity index (χ1v) is 14.9. The molecule has 1 fully saturated rings. The number of hydrogen-bond acceptors (Lipinski definition) is 8. The molecule has 0 aliphatic carbocycles. The van der Waals surface area contributed by atoms with Crippen LogP contribution < -0.4 is 4.80 Å². The molecule has 36 heavy (non-hydrogen) atoms. The first kappa shape index (κ1) is 28.3. The van der Waals surface area contributed by atoms with Gasteiger partial charge in [0.15, 0.2) is 14.6 Å². The average molecular weight is 606 g/mol. The lowest BCUT2D eigenvalue weighted by Crippen LogP contribution is -2.52. The number of carbonyl (C=O) groups excluding carboxylic acids is 3. The highest BCUT2D eigenvalue weighted by atomic mass is 79.9. The van der Waals surface area contributed by atoms with Gasteiger partial charge in [-0.2, -0.15) is 4.99 Å². The molecular weight excluding hydrogens is 576 g/mol. The van der Waals surface area contributed by atoms with Gasteiger partial charge in [0.1, 0.15) is 11.5 Å². The molecule has 1 aliphatic rings. The van der Waals surface area contributed by atoms with Gasteiger partial charge >= 0.3 is 6.09 Å². The number of aromatic nitrogens is 1. The predicted octanol–water partition coefficient (Wildman–Crippen LogP) is 1.64. The zero-order valence-electron chi connectivity index (χ0n) is 20.1. The molecule has 11 nitrogen and oxygen atoms in total. The van der Waals surface area contributed by atoms with Crippen LogP contribution in [0.1, 0.15) is 13.8 Å². The molecule has 3 rings (SSSR count). The standard InChI is InChI=1S/C22H29BrN4O7S2/c1-3-33-12-11-27-17-6-5-16(23)13-18(17)35-21(27)24-19(28)14-36(31,32)15-20(29)25-7-9-26(10-8-25)22(30)34-4-2/h5-6,13H,3-4,7-12,14-15H2,1-2H3. The van der Waals surface area contributed by atoms with Crippen molar-refractivity contribution >= 4 is 65.2 Å². The summed E-state index contributed by atoms with van der Waals surface area (Å²) in [4.78, 5) is 44.2. The lowest BCUT2D eigenvalue weighted by molar-refractivity contribution is -0.130. The summed E-state index contributed by atoms with van der Waals surface area (Å²) in [6.07, 6.45) is -0.462. The van der Waals surface area contributed by atoms with Crippen LogP contribution in [-0.4, -0.2) is 98.2 Å². The molecule has 1 aromatic heterocycles. The fourth-order valence-corrected chi connectivity index (χ4v) is 6.39. The molecule has 3 amide bonds. The van der Waals surface area contributed by atoms with E-state index in [2.05, 4.69) is 20.9 Å². The van der Waals surface area contributed by atoms with Crippen molar-refractivity contribution in [1.82, 2.24) is 14.4 Å². The van der Waals surface area contributed by atoms with E-state index in [1.165, 1.54) is 21.1 Å². The molecule has 0 atom stereocenters. The molecule has 0 bridgehead atoms. The Balaban J connectivity index is 1.67. The number of nitrogens with zero attached hydrogens (tertiary/aromatic N) is 4. The third kappa shape index (κ3) is 7.60. The van der Waals surface area contributed by atoms with E-state index in [9.17, 15) is 22.8 Å². The number of halogens is 1. The van der Waals surface area contributed by atoms with Gasteiger partial charge in [0.05, 0.1) is 23.4 Å². The molecule has 198 valence electrons. The van der Waals surface area contributed by atoms with Crippen LogP contribution in [0.4, 0.5) is 4.79 Å². The maximum absolute atomic E-state index is 12.6. The fraction of sp³-hybridized carbons (Fsp3) is 0.545. The number of thiazole rings is 1. The van der Waals surface area contributed by atoms with Gasteiger partial charge in [-0.25, -0.2) is 13.2 Å². The Morgan fingerprint density at radius 3 is 2.42 bits per heavy atom. The minimum Gasteiger partial charge on any atom is -0.450 e. The largest absolute Gasteiger partial charge is 0.450 e. The van der Waals surface area contributed by atoms with Gasteiger partial charge in [-0.1, -0.05) is 27.3 Å². The van der Waals surface area contributed by atoms with Crippen molar-refractivity contribution in [1.29, 1.82) is 0 Å². The maximum atomic E-state index is 12.6. The highest BCUT2D eigenvalue weighted by Crippen LogP contribution is 2.22. The van der Waals surface area contributed by atoms with E-state index in [0.717, 1.165) is 14.7 Å². The van der Waals surface area contributed by atoms with Crippen molar-refractivity contribution in [3.8, 4) is 0 Å². The lowest BCUT2D eigenvalue weighted by Gasteiger charge is -2.34. The summed E-state index contributed by atoms with van der Waals surface area (Å²) in [5.41, 5.74) is 0.856. The molecule has 0 N–H and O–H groups in total. The lowest BCUT2D eigenvalue weighted by atomic mass is 10.3. The van der Waals surface area contributed by atoms with Crippen molar-refractivity contribution in [2.45, 2.75) is 20.4 Å². The second-order valence-electron chi connectivity index (χ2n) is 7.95. The Morgan fingerprint density at radius 2 is 1.75 bits per heavy atom. The van der Waals surface area contributed by atoms with Gasteiger partial charge in [-0.15, -0.1) is 0 Å². The molecule has 14 heteroatoms. The Morgan fingerprint density at radius 1 is 1.06 bits per heavy atom. The first-order valence-electron chi connectivity index (χ1n) is 11.5. The van der Waals surface area contributed by atoms with Crippen LogP contribution in [0.3, 0.4) is 0 Å². The second kappa shape index (κ2) is 12.8. The molecule has 0 saturated carbocycles. The quantitative estimate of drug-likeness (QED) is 0.398. The fourth-order valence-electron chi connectivity index (χ4n) is 3.66. The first-order chi connectivity index (χ1) is 17.1. The predicted molar refractivity (Wildman–Crippen MR) is 138 cm³/mol. The van der Waals surface area contributed by atoms with Crippen molar-refractivity contribution < 1.29 is 32.3 Å². The zero-order chi connectivity index (χ0) is 26.3. The Kier molecular flexibility index (Phi) is 10.0. The SMILES string of the molecule is CCOCCn1c(=NC(=O)CS(=O)(=O)CC(=O)N2CCN(C(=O)OCC)CC2)sc2cc(Br)ccc21. The number of carbonyl (C=O) groups is 3. The number of sulfone groups is 1. The van der Waals surface area contributed by atoms with Crippen LogP contribution in [0, 0.1) is 0 Å². The third-order valence-corrected chi connectivity index (χ3v) is 8.28. The number of fused-ring (bicyclic) bond motifs is 1. The van der Waals surface area contributed by atoms with Crippen LogP contribution >= 0.6 is 27.3 Å². The smallest absolute Gasteiger partial charge is 0.409 e. The van der Waals surface area contributed by atoms with Gasteiger partial charge in [0.25, 0.3) is 5.91 Å². The van der Waals surface area contributed by atoms with E-state index >= 15 is 0 Å². The molecule has 1 aliphatic heterocycles. The minimum absolute atomic E-state index is 0.197. The molecule has 1 aromatic carbocycles. The number of benzene rings is 1. The Hall–Kier alpha value is -2.29. The van der Waals surface area contributed by atoms with Crippen molar-refractivity contribution in [3.63, 3.8) is 0 Å². The Bertz CT molecular complexity index is 1280. The number of hydrogen-bond donors (Lipinski definition) is 0. The molecule has 0 spiro atoms. The zero-order valence-corrected chi connectivity index (χ0v) is 23.4. The van der Waals surface area contributed by atoms with Crippen molar-refractivity contribution in [3.05, 3.63) is 27.5 Å². The summed E-state index contributed by atoms with van der Waals surface area (Å²) in [7, 11) is -4.04. The number of ether oxygens (including phenoxy) is 2. The van der Waals surface area contributed by atoms with Gasteiger partial charge in [-0.3, -0.25) is 9.59 Å². The number of rotatable bonds is 9. The van der Waals surface area contributed by atoms with E-state index in [4.69, 9.17) is 9.47 Å². The Labute approximate surface area is 221 Å². The summed E-state index contributed by atoms with van der Waals surface area (Å²) in [6.45, 7) is 6.15. The molecular formula is C22H29BrN4O7S2. The molecule has 0 radical (unpaired) electrons. The van der Waals surface area contributed by atoms with E-state index in [-0.39, 0.29) is 32.8 Å². The summed E-state index contributed by atoms with van der Waals surface area (Å²) in [6, 6.07) is 5.67. The van der Waals surface area contributed by atoms with E-state index in [1.807, 2.05) is 29.7 Å². The monoisotopic (exact) mass is 604 g/mol. The second-order valence-corrected chi connectivity index (χ2v) is 11.9. The third-order valence-electron chi connectivity index (χ3n) is 5.37. The highest BCUT2D eigenvalue weighted by molar-refractivity contribution is 9.10. The van der Waals surface area contributed by atoms with Crippen LogP contribution in [0.2, 0.25) is 0 Å². The molecule has 1 saturated heterocycles. The summed E-state index contributed by atoms with van der Waals surface area (Å²) >= 11 is 4.70. The molecule has 0 unspecified atom stereocenters. The van der Waals surface area contributed by atoms with Crippen LogP contribution in [0.5, 0.6) is 0 Å². The molecule has 2 aromatic rings. The van der Waals surface area contributed by atoms with Gasteiger partial charge < -0.3 is 23.8 Å². The van der Waals surface area contributed by atoms with Crippen LogP contribution in [0.25, 0.3) is 10.2 Å². The maximum Gasteiger partial charge on any atom is 0.409 e. The van der Waals surface area contributed by atoms with Crippen molar-refractivity contribution in [2.75, 3.05) is 57.5 Å². The van der Waals surface area contributed by atoms with Gasteiger partial charge in [-0.05, 0) is 32.0 Å².